The number of carbonyl (C=O) groups is 1. The molecule has 1 amide bonds. The van der Waals surface area contributed by atoms with Gasteiger partial charge in [0.25, 0.3) is 5.91 Å². The first-order chi connectivity index (χ1) is 14.9. The molecule has 1 aromatic carbocycles. The summed E-state index contributed by atoms with van der Waals surface area (Å²) in [7, 11) is 0. The summed E-state index contributed by atoms with van der Waals surface area (Å²) in [4.78, 5) is 24.0. The number of nitrogens with one attached hydrogen (secondary N) is 1. The van der Waals surface area contributed by atoms with E-state index in [1.165, 1.54) is 4.80 Å². The second kappa shape index (κ2) is 7.33. The van der Waals surface area contributed by atoms with Crippen LogP contribution in [-0.2, 0) is 6.18 Å². The zero-order valence-corrected chi connectivity index (χ0v) is 16.2. The minimum Gasteiger partial charge on any atom is -0.364 e. The molecule has 3 aromatic rings. The van der Waals surface area contributed by atoms with Gasteiger partial charge >= 0.3 is 6.18 Å². The van der Waals surface area contributed by atoms with E-state index in [2.05, 4.69) is 25.5 Å². The quantitative estimate of drug-likeness (QED) is 0.686. The van der Waals surface area contributed by atoms with E-state index >= 15 is 0 Å². The molecule has 2 bridgehead atoms. The molecular formula is C20H18F3N7O. The Morgan fingerprint density at radius 3 is 2.55 bits per heavy atom. The molecule has 11 heteroatoms. The Labute approximate surface area is 175 Å². The lowest BCUT2D eigenvalue weighted by atomic mass is 9.95. The number of halogens is 3. The van der Waals surface area contributed by atoms with Crippen molar-refractivity contribution in [2.45, 2.75) is 43.6 Å². The molecule has 2 fully saturated rings. The van der Waals surface area contributed by atoms with Crippen LogP contribution in [0.2, 0.25) is 0 Å². The lowest BCUT2D eigenvalue weighted by Crippen LogP contribution is -2.40. The van der Waals surface area contributed by atoms with Crippen LogP contribution < -0.4 is 5.32 Å². The van der Waals surface area contributed by atoms with Crippen LogP contribution >= 0.6 is 0 Å². The van der Waals surface area contributed by atoms with Crippen molar-refractivity contribution in [1.29, 1.82) is 0 Å². The third-order valence-electron chi connectivity index (χ3n) is 5.82. The SMILES string of the molecule is O=C(c1ccccc1-n1nccn1)N1[C@@H]2CC[C@H]1[C@H](Nc1cnc(C(F)(F)F)cn1)C2. The Morgan fingerprint density at radius 1 is 1.06 bits per heavy atom. The van der Waals surface area contributed by atoms with E-state index in [0.717, 1.165) is 19.0 Å². The number of hydrogen-bond acceptors (Lipinski definition) is 6. The topological polar surface area (TPSA) is 88.8 Å². The zero-order chi connectivity index (χ0) is 21.6. The molecule has 3 atom stereocenters. The van der Waals surface area contributed by atoms with E-state index < -0.39 is 11.9 Å². The number of alkyl halides is 3. The van der Waals surface area contributed by atoms with Crippen molar-refractivity contribution in [3.05, 3.63) is 60.3 Å². The second-order valence-corrected chi connectivity index (χ2v) is 7.62. The summed E-state index contributed by atoms with van der Waals surface area (Å²) in [5.41, 5.74) is 0.0686. The Bertz CT molecular complexity index is 1080. The largest absolute Gasteiger partial charge is 0.434 e. The van der Waals surface area contributed by atoms with Crippen molar-refractivity contribution in [3.8, 4) is 5.69 Å². The van der Waals surface area contributed by atoms with E-state index in [9.17, 15) is 18.0 Å². The summed E-state index contributed by atoms with van der Waals surface area (Å²) in [5.74, 6) is 0.155. The van der Waals surface area contributed by atoms with Gasteiger partial charge in [-0.15, -0.1) is 0 Å². The number of anilines is 1. The third-order valence-corrected chi connectivity index (χ3v) is 5.82. The molecule has 2 aromatic heterocycles. The minimum absolute atomic E-state index is 0.0519. The highest BCUT2D eigenvalue weighted by atomic mass is 19.4. The van der Waals surface area contributed by atoms with Crippen molar-refractivity contribution >= 4 is 11.7 Å². The highest BCUT2D eigenvalue weighted by Crippen LogP contribution is 2.40. The molecule has 0 radical (unpaired) electrons. The Kier molecular flexibility index (Phi) is 4.60. The number of carbonyl (C=O) groups excluding carboxylic acids is 1. The highest BCUT2D eigenvalue weighted by molar-refractivity contribution is 5.98. The molecule has 2 aliphatic heterocycles. The van der Waals surface area contributed by atoms with Crippen LogP contribution in [0.3, 0.4) is 0 Å². The monoisotopic (exact) mass is 429 g/mol. The van der Waals surface area contributed by atoms with Crippen LogP contribution in [0.25, 0.3) is 5.69 Å². The summed E-state index contributed by atoms with van der Waals surface area (Å²) >= 11 is 0. The van der Waals surface area contributed by atoms with Crippen molar-refractivity contribution in [1.82, 2.24) is 29.9 Å². The van der Waals surface area contributed by atoms with Crippen LogP contribution in [0, 0.1) is 0 Å². The number of para-hydroxylation sites is 1. The van der Waals surface area contributed by atoms with Gasteiger partial charge in [0.1, 0.15) is 5.82 Å². The average molecular weight is 429 g/mol. The van der Waals surface area contributed by atoms with Crippen LogP contribution in [0.1, 0.15) is 35.3 Å². The van der Waals surface area contributed by atoms with Crippen molar-refractivity contribution in [3.63, 3.8) is 0 Å². The summed E-state index contributed by atoms with van der Waals surface area (Å²) in [5, 5.41) is 11.4. The maximum atomic E-state index is 13.5. The van der Waals surface area contributed by atoms with Gasteiger partial charge in [-0.1, -0.05) is 12.1 Å². The van der Waals surface area contributed by atoms with Gasteiger partial charge in [0, 0.05) is 6.04 Å². The molecule has 160 valence electrons. The molecule has 31 heavy (non-hydrogen) atoms. The van der Waals surface area contributed by atoms with Gasteiger partial charge < -0.3 is 10.2 Å². The second-order valence-electron chi connectivity index (χ2n) is 7.62. The summed E-state index contributed by atoms with van der Waals surface area (Å²) in [6, 6.07) is 7.02. The van der Waals surface area contributed by atoms with Crippen LogP contribution in [0.5, 0.6) is 0 Å². The molecule has 1 N–H and O–H groups in total. The first-order valence-electron chi connectivity index (χ1n) is 9.86. The average Bonchev–Trinajstić information content (AvgIpc) is 3.50. The predicted octanol–water partition coefficient (Wildman–Crippen LogP) is 2.93. The molecule has 0 saturated carbocycles. The summed E-state index contributed by atoms with van der Waals surface area (Å²) < 4.78 is 38.1. The highest BCUT2D eigenvalue weighted by Gasteiger charge is 2.49. The fraction of sp³-hybridized carbons (Fsp3) is 0.350. The number of aromatic nitrogens is 5. The fourth-order valence-electron chi connectivity index (χ4n) is 4.51. The number of benzene rings is 1. The molecule has 8 nitrogen and oxygen atoms in total. The molecule has 5 rings (SSSR count). The molecule has 0 aliphatic carbocycles. The van der Waals surface area contributed by atoms with E-state index in [-0.39, 0.29) is 29.9 Å². The van der Waals surface area contributed by atoms with E-state index in [1.807, 2.05) is 11.0 Å². The smallest absolute Gasteiger partial charge is 0.364 e. The van der Waals surface area contributed by atoms with E-state index in [4.69, 9.17) is 0 Å². The molecule has 0 unspecified atom stereocenters. The number of nitrogens with zero attached hydrogens (tertiary/aromatic N) is 6. The Hall–Kier alpha value is -3.50. The maximum absolute atomic E-state index is 13.5. The zero-order valence-electron chi connectivity index (χ0n) is 16.2. The van der Waals surface area contributed by atoms with E-state index in [0.29, 0.717) is 23.9 Å². The first kappa shape index (κ1) is 19.5. The minimum atomic E-state index is -4.53. The van der Waals surface area contributed by atoms with Gasteiger partial charge in [0.15, 0.2) is 5.69 Å². The van der Waals surface area contributed by atoms with Crippen LogP contribution in [0.4, 0.5) is 19.0 Å². The van der Waals surface area contributed by atoms with Crippen molar-refractivity contribution in [2.75, 3.05) is 5.32 Å². The maximum Gasteiger partial charge on any atom is 0.434 e. The third kappa shape index (κ3) is 3.49. The molecule has 4 heterocycles. The van der Waals surface area contributed by atoms with Gasteiger partial charge in [-0.05, 0) is 31.4 Å². The number of rotatable bonds is 4. The number of amides is 1. The Balaban J connectivity index is 1.36. The van der Waals surface area contributed by atoms with Crippen LogP contribution in [-0.4, -0.2) is 53.9 Å². The first-order valence-corrected chi connectivity index (χ1v) is 9.86. The predicted molar refractivity (Wildman–Crippen MR) is 103 cm³/mol. The normalized spacial score (nSPS) is 22.7. The molecule has 2 aliphatic rings. The lowest BCUT2D eigenvalue weighted by molar-refractivity contribution is -0.141. The van der Waals surface area contributed by atoms with Crippen molar-refractivity contribution in [2.24, 2.45) is 0 Å². The molecule has 0 spiro atoms. The van der Waals surface area contributed by atoms with Gasteiger partial charge in [0.05, 0.1) is 48.1 Å². The summed E-state index contributed by atoms with van der Waals surface area (Å²) in [6.45, 7) is 0. The number of hydrogen-bond donors (Lipinski definition) is 1. The standard InChI is InChI=1S/C20H18F3N7O/c21-20(22,23)17-10-25-18(11-24-17)28-14-9-12-5-6-16(14)29(12)19(31)13-3-1-2-4-15(13)30-26-7-8-27-30/h1-4,7-8,10-12,14,16H,5-6,9H2,(H,25,28)/t12-,14-,16+/m1/s1. The van der Waals surface area contributed by atoms with Gasteiger partial charge in [-0.2, -0.15) is 28.2 Å². The fourth-order valence-corrected chi connectivity index (χ4v) is 4.51. The number of fused-ring (bicyclic) bond motifs is 2. The lowest BCUT2D eigenvalue weighted by Gasteiger charge is -2.26. The van der Waals surface area contributed by atoms with E-state index in [1.54, 1.807) is 30.6 Å². The van der Waals surface area contributed by atoms with Crippen LogP contribution in [0.15, 0.2) is 49.1 Å². The Morgan fingerprint density at radius 2 is 1.84 bits per heavy atom. The summed E-state index contributed by atoms with van der Waals surface area (Å²) in [6.07, 6.45) is 2.75. The molecule has 2 saturated heterocycles. The van der Waals surface area contributed by atoms with Gasteiger partial charge in [-0.3, -0.25) is 4.79 Å². The van der Waals surface area contributed by atoms with Gasteiger partial charge in [-0.25, -0.2) is 9.97 Å². The molecular weight excluding hydrogens is 411 g/mol. The van der Waals surface area contributed by atoms with Crippen molar-refractivity contribution < 1.29 is 18.0 Å². The van der Waals surface area contributed by atoms with Gasteiger partial charge in [0.2, 0.25) is 0 Å².